The van der Waals surface area contributed by atoms with E-state index in [0.717, 1.165) is 32.2 Å². The fraction of sp³-hybridized carbons (Fsp3) is 0.0769. The van der Waals surface area contributed by atoms with Crippen molar-refractivity contribution in [3.05, 3.63) is 47.0 Å². The van der Waals surface area contributed by atoms with Crippen molar-refractivity contribution in [3.63, 3.8) is 0 Å². The summed E-state index contributed by atoms with van der Waals surface area (Å²) in [6.45, 7) is 2.00. The summed E-state index contributed by atoms with van der Waals surface area (Å²) in [7, 11) is 0. The fourth-order valence-electron chi connectivity index (χ4n) is 1.53. The third-order valence-corrected chi connectivity index (χ3v) is 4.61. The van der Waals surface area contributed by atoms with Gasteiger partial charge in [-0.3, -0.25) is 0 Å². The molecule has 0 saturated heterocycles. The van der Waals surface area contributed by atoms with Crippen LogP contribution in [0.15, 0.2) is 51.1 Å². The number of nitrogens with one attached hydrogen (secondary N) is 1. The molecule has 0 unspecified atom stereocenters. The van der Waals surface area contributed by atoms with Gasteiger partial charge in [0.15, 0.2) is 0 Å². The number of rotatable bonds is 4. The minimum absolute atomic E-state index is 0.684. The molecule has 0 aliphatic heterocycles. The van der Waals surface area contributed by atoms with Crippen LogP contribution in [-0.4, -0.2) is 5.21 Å². The Kier molecular flexibility index (Phi) is 5.01. The second kappa shape index (κ2) is 6.54. The lowest BCUT2D eigenvalue weighted by Crippen LogP contribution is -1.94. The van der Waals surface area contributed by atoms with E-state index in [1.165, 1.54) is 11.8 Å². The zero-order valence-electron chi connectivity index (χ0n) is 10.2. The number of nitrogen functional groups attached to an aromatic ring is 1. The molecule has 0 spiro atoms. The highest BCUT2D eigenvalue weighted by atomic mass is 35.5. The van der Waals surface area contributed by atoms with Crippen LogP contribution in [0.1, 0.15) is 5.56 Å². The van der Waals surface area contributed by atoms with Gasteiger partial charge in [0.05, 0.1) is 5.02 Å². The number of anilines is 1. The van der Waals surface area contributed by atoms with E-state index in [1.54, 1.807) is 0 Å². The molecular formula is C13H13ClN2OS2. The zero-order valence-corrected chi connectivity index (χ0v) is 12.6. The van der Waals surface area contributed by atoms with Crippen molar-refractivity contribution in [1.29, 1.82) is 0 Å². The van der Waals surface area contributed by atoms with Gasteiger partial charge in [0.2, 0.25) is 0 Å². The first-order valence-corrected chi connectivity index (χ1v) is 7.50. The highest BCUT2D eigenvalue weighted by Gasteiger charge is 2.07. The van der Waals surface area contributed by atoms with E-state index in [9.17, 15) is 0 Å². The molecule has 0 heterocycles. The number of nitrogens with two attached hydrogens (primary N) is 1. The minimum atomic E-state index is 0.684. The molecule has 0 aliphatic rings. The lowest BCUT2D eigenvalue weighted by Gasteiger charge is -2.09. The molecule has 0 aliphatic carbocycles. The van der Waals surface area contributed by atoms with Gasteiger partial charge in [-0.15, -0.1) is 4.89 Å². The maximum absolute atomic E-state index is 8.70. The van der Waals surface area contributed by atoms with Gasteiger partial charge < -0.3 is 10.9 Å². The van der Waals surface area contributed by atoms with Gasteiger partial charge in [-0.25, -0.2) is 0 Å². The van der Waals surface area contributed by atoms with Crippen molar-refractivity contribution in [2.75, 3.05) is 5.73 Å². The molecule has 3 nitrogen and oxygen atoms in total. The molecule has 2 aromatic carbocycles. The highest BCUT2D eigenvalue weighted by molar-refractivity contribution is 7.99. The van der Waals surface area contributed by atoms with Crippen LogP contribution < -0.4 is 10.6 Å². The standard InChI is InChI=1S/C13H13ClN2OS2/c1-8-2-5-12(10(14)6-8)18-13-7-9(19-16-17)3-4-11(13)15/h2-7,16-17H,15H2,1H3. The Bertz CT molecular complexity index is 593. The van der Waals surface area contributed by atoms with Crippen molar-refractivity contribution in [1.82, 2.24) is 4.89 Å². The Labute approximate surface area is 125 Å². The van der Waals surface area contributed by atoms with E-state index < -0.39 is 0 Å². The maximum Gasteiger partial charge on any atom is 0.0548 e. The third kappa shape index (κ3) is 3.81. The average molecular weight is 313 g/mol. The van der Waals surface area contributed by atoms with Crippen molar-refractivity contribution >= 4 is 41.0 Å². The van der Waals surface area contributed by atoms with Gasteiger partial charge in [-0.1, -0.05) is 29.4 Å². The first kappa shape index (κ1) is 14.6. The Balaban J connectivity index is 2.29. The Hall–Kier alpha value is -0.850. The lowest BCUT2D eigenvalue weighted by atomic mass is 10.2. The second-order valence-corrected chi connectivity index (χ2v) is 6.28. The predicted octanol–water partition coefficient (Wildman–Crippen LogP) is 4.37. The number of aryl methyl sites for hydroxylation is 1. The summed E-state index contributed by atoms with van der Waals surface area (Å²) in [5, 5.41) is 9.41. The van der Waals surface area contributed by atoms with Crippen LogP contribution in [0, 0.1) is 6.92 Å². The molecule has 0 bridgehead atoms. The molecule has 100 valence electrons. The molecule has 0 radical (unpaired) electrons. The molecule has 4 N–H and O–H groups in total. The molecule has 0 fully saturated rings. The van der Waals surface area contributed by atoms with E-state index in [-0.39, 0.29) is 0 Å². The monoisotopic (exact) mass is 312 g/mol. The largest absolute Gasteiger partial charge is 0.398 e. The molecule has 0 atom stereocenters. The summed E-state index contributed by atoms with van der Waals surface area (Å²) in [6.07, 6.45) is 0. The Morgan fingerprint density at radius 2 is 1.95 bits per heavy atom. The summed E-state index contributed by atoms with van der Waals surface area (Å²) in [4.78, 5) is 4.80. The van der Waals surface area contributed by atoms with Gasteiger partial charge in [-0.2, -0.15) is 0 Å². The van der Waals surface area contributed by atoms with Crippen LogP contribution in [0.4, 0.5) is 5.69 Å². The van der Waals surface area contributed by atoms with Crippen LogP contribution in [0.5, 0.6) is 0 Å². The summed E-state index contributed by atoms with van der Waals surface area (Å²) in [5.74, 6) is 0. The molecule has 6 heteroatoms. The third-order valence-electron chi connectivity index (χ3n) is 2.46. The molecule has 2 aromatic rings. The normalized spacial score (nSPS) is 10.7. The van der Waals surface area contributed by atoms with Crippen LogP contribution in [0.25, 0.3) is 0 Å². The van der Waals surface area contributed by atoms with Gasteiger partial charge in [0, 0.05) is 20.4 Å². The molecule has 19 heavy (non-hydrogen) atoms. The van der Waals surface area contributed by atoms with E-state index in [4.69, 9.17) is 22.5 Å². The summed E-state index contributed by atoms with van der Waals surface area (Å²) in [5.41, 5.74) is 7.76. The van der Waals surface area contributed by atoms with Gasteiger partial charge >= 0.3 is 0 Å². The first-order chi connectivity index (χ1) is 9.10. The van der Waals surface area contributed by atoms with E-state index in [1.807, 2.05) is 43.3 Å². The molecule has 0 amide bonds. The topological polar surface area (TPSA) is 58.3 Å². The zero-order chi connectivity index (χ0) is 13.8. The summed E-state index contributed by atoms with van der Waals surface area (Å²) >= 11 is 8.84. The average Bonchev–Trinajstić information content (AvgIpc) is 2.37. The van der Waals surface area contributed by atoms with Crippen LogP contribution in [0.3, 0.4) is 0 Å². The predicted molar refractivity (Wildman–Crippen MR) is 81.9 cm³/mol. The Morgan fingerprint density at radius 3 is 2.63 bits per heavy atom. The number of hydrogen-bond acceptors (Lipinski definition) is 5. The fourth-order valence-corrected chi connectivity index (χ4v) is 3.27. The number of halogens is 1. The summed E-state index contributed by atoms with van der Waals surface area (Å²) < 4.78 is 0. The second-order valence-electron chi connectivity index (χ2n) is 3.93. The van der Waals surface area contributed by atoms with Gasteiger partial charge in [0.1, 0.15) is 0 Å². The number of benzene rings is 2. The van der Waals surface area contributed by atoms with Gasteiger partial charge in [0.25, 0.3) is 0 Å². The highest BCUT2D eigenvalue weighted by Crippen LogP contribution is 2.38. The van der Waals surface area contributed by atoms with Crippen molar-refractivity contribution in [3.8, 4) is 0 Å². The van der Waals surface area contributed by atoms with Gasteiger partial charge in [-0.05, 0) is 54.8 Å². The lowest BCUT2D eigenvalue weighted by molar-refractivity contribution is 0.258. The van der Waals surface area contributed by atoms with E-state index in [0.29, 0.717) is 10.7 Å². The smallest absolute Gasteiger partial charge is 0.0548 e. The van der Waals surface area contributed by atoms with Crippen LogP contribution >= 0.6 is 35.3 Å². The van der Waals surface area contributed by atoms with Crippen LogP contribution in [0.2, 0.25) is 5.02 Å². The van der Waals surface area contributed by atoms with Crippen molar-refractivity contribution in [2.24, 2.45) is 0 Å². The quantitative estimate of drug-likeness (QED) is 0.444. The molecule has 0 saturated carbocycles. The van der Waals surface area contributed by atoms with E-state index in [2.05, 4.69) is 4.89 Å². The SMILES string of the molecule is Cc1ccc(Sc2cc(SNO)ccc2N)c(Cl)c1. The Morgan fingerprint density at radius 1 is 1.16 bits per heavy atom. The van der Waals surface area contributed by atoms with Crippen molar-refractivity contribution in [2.45, 2.75) is 21.6 Å². The summed E-state index contributed by atoms with van der Waals surface area (Å²) in [6, 6.07) is 11.5. The van der Waals surface area contributed by atoms with Crippen molar-refractivity contribution < 1.29 is 5.21 Å². The maximum atomic E-state index is 8.70. The van der Waals surface area contributed by atoms with E-state index >= 15 is 0 Å². The first-order valence-electron chi connectivity index (χ1n) is 5.49. The molecular weight excluding hydrogens is 300 g/mol. The number of hydrogen-bond donors (Lipinski definition) is 3. The molecule has 0 aromatic heterocycles. The van der Waals surface area contributed by atoms with Crippen LogP contribution in [-0.2, 0) is 0 Å². The minimum Gasteiger partial charge on any atom is -0.398 e. The molecule has 2 rings (SSSR count).